The second-order valence-corrected chi connectivity index (χ2v) is 6.46. The minimum Gasteiger partial charge on any atom is -0.465 e. The molecule has 148 valence electrons. The third kappa shape index (κ3) is 4.71. The summed E-state index contributed by atoms with van der Waals surface area (Å²) >= 11 is 12.1. The van der Waals surface area contributed by atoms with Gasteiger partial charge in [0.05, 0.1) is 28.3 Å². The fourth-order valence-corrected chi connectivity index (χ4v) is 2.74. The van der Waals surface area contributed by atoms with E-state index in [4.69, 9.17) is 23.2 Å². The lowest BCUT2D eigenvalue weighted by atomic mass is 10.2. The number of benzene rings is 2. The molecule has 0 aliphatic heterocycles. The van der Waals surface area contributed by atoms with Crippen LogP contribution in [0.15, 0.2) is 48.8 Å². The van der Waals surface area contributed by atoms with Crippen LogP contribution in [0.3, 0.4) is 0 Å². The van der Waals surface area contributed by atoms with Gasteiger partial charge in [-0.3, -0.25) is 10.1 Å². The van der Waals surface area contributed by atoms with Crippen LogP contribution >= 0.6 is 23.2 Å². The Hall–Kier alpha value is -3.43. The van der Waals surface area contributed by atoms with Gasteiger partial charge in [0.15, 0.2) is 0 Å². The molecule has 0 aliphatic rings. The molecule has 0 fully saturated rings. The number of halogens is 2. The van der Waals surface area contributed by atoms with Gasteiger partial charge in [-0.25, -0.2) is 14.8 Å². The number of anilines is 4. The van der Waals surface area contributed by atoms with Gasteiger partial charge >= 0.3 is 11.7 Å². The number of methoxy groups -OCH3 is 1. The van der Waals surface area contributed by atoms with E-state index in [0.717, 1.165) is 0 Å². The highest BCUT2D eigenvalue weighted by Crippen LogP contribution is 2.35. The van der Waals surface area contributed by atoms with Crippen LogP contribution in [-0.2, 0) is 4.74 Å². The van der Waals surface area contributed by atoms with Crippen molar-refractivity contribution in [3.8, 4) is 0 Å². The SMILES string of the molecule is COC(=O)c1ccc(Nc2ncnc(Nc3cc(Cl)ccc3Cl)c2[N+](=O)[O-])cc1. The summed E-state index contributed by atoms with van der Waals surface area (Å²) < 4.78 is 4.64. The molecule has 0 aliphatic carbocycles. The highest BCUT2D eigenvalue weighted by atomic mass is 35.5. The van der Waals surface area contributed by atoms with Gasteiger partial charge in [-0.1, -0.05) is 23.2 Å². The molecule has 9 nitrogen and oxygen atoms in total. The molecule has 0 unspecified atom stereocenters. The Labute approximate surface area is 174 Å². The fraction of sp³-hybridized carbons (Fsp3) is 0.0556. The number of nitro groups is 1. The molecule has 1 heterocycles. The maximum absolute atomic E-state index is 11.7. The van der Waals surface area contributed by atoms with E-state index in [1.807, 2.05) is 0 Å². The number of esters is 1. The normalized spacial score (nSPS) is 10.3. The zero-order valence-electron chi connectivity index (χ0n) is 14.8. The van der Waals surface area contributed by atoms with Gasteiger partial charge in [0.25, 0.3) is 0 Å². The lowest BCUT2D eigenvalue weighted by Crippen LogP contribution is -2.06. The summed E-state index contributed by atoms with van der Waals surface area (Å²) in [5.74, 6) is -0.603. The van der Waals surface area contributed by atoms with Crippen molar-refractivity contribution in [1.82, 2.24) is 9.97 Å². The molecule has 0 saturated carbocycles. The molecular weight excluding hydrogens is 421 g/mol. The Balaban J connectivity index is 1.94. The first-order valence-corrected chi connectivity index (χ1v) is 8.81. The van der Waals surface area contributed by atoms with Crippen molar-refractivity contribution in [2.45, 2.75) is 0 Å². The monoisotopic (exact) mass is 433 g/mol. The van der Waals surface area contributed by atoms with Crippen LogP contribution in [0, 0.1) is 10.1 Å². The van der Waals surface area contributed by atoms with E-state index in [1.54, 1.807) is 24.3 Å². The van der Waals surface area contributed by atoms with E-state index < -0.39 is 10.9 Å². The van der Waals surface area contributed by atoms with E-state index in [1.165, 1.54) is 31.6 Å². The van der Waals surface area contributed by atoms with Crippen molar-refractivity contribution >= 4 is 57.9 Å². The average Bonchev–Trinajstić information content (AvgIpc) is 2.70. The highest BCUT2D eigenvalue weighted by Gasteiger charge is 2.24. The van der Waals surface area contributed by atoms with Gasteiger partial charge in [0.2, 0.25) is 11.6 Å². The molecule has 0 radical (unpaired) electrons. The Kier molecular flexibility index (Phi) is 6.10. The third-order valence-corrected chi connectivity index (χ3v) is 4.32. The standard InChI is InChI=1S/C18H13Cl2N5O4/c1-29-18(26)10-2-5-12(6-3-10)23-16-15(25(27)28)17(22-9-21-16)24-14-8-11(19)4-7-13(14)20/h2-9H,1H3,(H2,21,22,23,24). The molecule has 2 N–H and O–H groups in total. The van der Waals surface area contributed by atoms with Crippen LogP contribution in [0.2, 0.25) is 10.0 Å². The zero-order valence-corrected chi connectivity index (χ0v) is 16.4. The summed E-state index contributed by atoms with van der Waals surface area (Å²) in [4.78, 5) is 30.5. The maximum atomic E-state index is 11.7. The van der Waals surface area contributed by atoms with E-state index in [2.05, 4.69) is 25.3 Å². The Bertz CT molecular complexity index is 1080. The van der Waals surface area contributed by atoms with Gasteiger partial charge in [-0.15, -0.1) is 0 Å². The minimum absolute atomic E-state index is 0.0449. The van der Waals surface area contributed by atoms with Crippen LogP contribution in [0.4, 0.5) is 28.7 Å². The van der Waals surface area contributed by atoms with Crippen molar-refractivity contribution in [2.75, 3.05) is 17.7 Å². The van der Waals surface area contributed by atoms with E-state index in [0.29, 0.717) is 27.0 Å². The van der Waals surface area contributed by atoms with Crippen molar-refractivity contribution < 1.29 is 14.5 Å². The molecular formula is C18H13Cl2N5O4. The number of ether oxygens (including phenoxy) is 1. The molecule has 3 rings (SSSR count). The van der Waals surface area contributed by atoms with Crippen LogP contribution < -0.4 is 10.6 Å². The summed E-state index contributed by atoms with van der Waals surface area (Å²) in [6.07, 6.45) is 1.17. The molecule has 11 heteroatoms. The molecule has 2 aromatic carbocycles. The minimum atomic E-state index is -0.619. The molecule has 1 aromatic heterocycles. The first-order chi connectivity index (χ1) is 13.9. The third-order valence-electron chi connectivity index (χ3n) is 3.76. The van der Waals surface area contributed by atoms with Crippen LogP contribution in [0.1, 0.15) is 10.4 Å². The topological polar surface area (TPSA) is 119 Å². The first-order valence-electron chi connectivity index (χ1n) is 8.06. The summed E-state index contributed by atoms with van der Waals surface area (Å²) in [5.41, 5.74) is 0.786. The number of hydrogen-bond acceptors (Lipinski definition) is 8. The van der Waals surface area contributed by atoms with Gasteiger partial charge < -0.3 is 15.4 Å². The van der Waals surface area contributed by atoms with Crippen molar-refractivity contribution in [3.05, 3.63) is 74.5 Å². The number of nitrogens with one attached hydrogen (secondary N) is 2. The number of aromatic nitrogens is 2. The number of nitrogens with zero attached hydrogens (tertiary/aromatic N) is 3. The molecule has 0 atom stereocenters. The van der Waals surface area contributed by atoms with Crippen LogP contribution in [-0.4, -0.2) is 28.0 Å². The number of carbonyl (C=O) groups is 1. The van der Waals surface area contributed by atoms with Crippen molar-refractivity contribution in [1.29, 1.82) is 0 Å². The highest BCUT2D eigenvalue weighted by molar-refractivity contribution is 6.35. The van der Waals surface area contributed by atoms with Crippen LogP contribution in [0.25, 0.3) is 0 Å². The quantitative estimate of drug-likeness (QED) is 0.317. The predicted molar refractivity (Wildman–Crippen MR) is 109 cm³/mol. The van der Waals surface area contributed by atoms with Crippen molar-refractivity contribution in [3.63, 3.8) is 0 Å². The largest absolute Gasteiger partial charge is 0.465 e. The summed E-state index contributed by atoms with van der Waals surface area (Å²) in [5, 5.41) is 18.1. The lowest BCUT2D eigenvalue weighted by Gasteiger charge is -2.11. The second kappa shape index (κ2) is 8.72. The smallest absolute Gasteiger partial charge is 0.353 e. The number of rotatable bonds is 6. The predicted octanol–water partition coefficient (Wildman–Crippen LogP) is 4.97. The van der Waals surface area contributed by atoms with Crippen molar-refractivity contribution in [2.24, 2.45) is 0 Å². The molecule has 3 aromatic rings. The second-order valence-electron chi connectivity index (χ2n) is 5.62. The van der Waals surface area contributed by atoms with Gasteiger partial charge in [0.1, 0.15) is 6.33 Å². The molecule has 29 heavy (non-hydrogen) atoms. The molecule has 0 spiro atoms. The Morgan fingerprint density at radius 2 is 1.72 bits per heavy atom. The fourth-order valence-electron chi connectivity index (χ4n) is 2.40. The zero-order chi connectivity index (χ0) is 21.0. The van der Waals surface area contributed by atoms with Gasteiger partial charge in [-0.2, -0.15) is 0 Å². The van der Waals surface area contributed by atoms with Gasteiger partial charge in [-0.05, 0) is 42.5 Å². The molecule has 0 bridgehead atoms. The summed E-state index contributed by atoms with van der Waals surface area (Å²) in [7, 11) is 1.28. The average molecular weight is 434 g/mol. The number of hydrogen-bond donors (Lipinski definition) is 2. The van der Waals surface area contributed by atoms with Gasteiger partial charge in [0, 0.05) is 10.7 Å². The molecule has 0 amide bonds. The Morgan fingerprint density at radius 3 is 2.34 bits per heavy atom. The summed E-state index contributed by atoms with van der Waals surface area (Å²) in [6.45, 7) is 0. The number of carbonyl (C=O) groups excluding carboxylic acids is 1. The summed E-state index contributed by atoms with van der Waals surface area (Å²) in [6, 6.07) is 10.8. The Morgan fingerprint density at radius 1 is 1.07 bits per heavy atom. The van der Waals surface area contributed by atoms with Crippen LogP contribution in [0.5, 0.6) is 0 Å². The van der Waals surface area contributed by atoms with E-state index >= 15 is 0 Å². The van der Waals surface area contributed by atoms with E-state index in [9.17, 15) is 14.9 Å². The lowest BCUT2D eigenvalue weighted by molar-refractivity contribution is -0.383. The first kappa shape index (κ1) is 20.3. The maximum Gasteiger partial charge on any atom is 0.353 e. The molecule has 0 saturated heterocycles. The van der Waals surface area contributed by atoms with E-state index in [-0.39, 0.29) is 17.3 Å².